The molecule has 1 aliphatic carbocycles. The van der Waals surface area contributed by atoms with Crippen LogP contribution in [0.4, 0.5) is 13.6 Å². The molecule has 0 spiro atoms. The third-order valence-electron chi connectivity index (χ3n) is 5.33. The second-order valence-electron chi connectivity index (χ2n) is 9.10. The average Bonchev–Trinajstić information content (AvgIpc) is 3.49. The molecule has 188 valence electrons. The van der Waals surface area contributed by atoms with Crippen LogP contribution in [0.2, 0.25) is 0 Å². The van der Waals surface area contributed by atoms with Crippen LogP contribution in [0.5, 0.6) is 0 Å². The van der Waals surface area contributed by atoms with E-state index in [1.165, 1.54) is 0 Å². The van der Waals surface area contributed by atoms with Crippen molar-refractivity contribution in [2.24, 2.45) is 5.92 Å². The van der Waals surface area contributed by atoms with Gasteiger partial charge < -0.3 is 10.1 Å². The van der Waals surface area contributed by atoms with Crippen molar-refractivity contribution < 1.29 is 22.5 Å². The molecular formula is C22H33BrF2N2O3S3. The minimum atomic E-state index is -1.81. The fourth-order valence-electron chi connectivity index (χ4n) is 3.43. The Labute approximate surface area is 216 Å². The SMILES string of the molecule is CC(C)(C)OC(=O)NCCCC1(NS(=O)C2(F)CC2)SCC1Cc1cccc(Br)c1F.CS. The second kappa shape index (κ2) is 12.1. The van der Waals surface area contributed by atoms with E-state index in [0.717, 1.165) is 5.75 Å². The number of halogens is 3. The quantitative estimate of drug-likeness (QED) is 0.254. The number of rotatable bonds is 9. The van der Waals surface area contributed by atoms with Gasteiger partial charge in [0, 0.05) is 18.2 Å². The molecule has 1 saturated carbocycles. The molecule has 2 aliphatic rings. The molecule has 1 saturated heterocycles. The fraction of sp³-hybridized carbons (Fsp3) is 0.682. The highest BCUT2D eigenvalue weighted by Gasteiger charge is 2.55. The standard InChI is InChI=1S/C21H29BrF2N2O3S2.CH4S/c1-19(2,3)29-18(27)25-11-5-8-21(26-31(28)20(24)9-10-20)15(13-30-21)12-14-6-4-7-16(22)17(14)23;1-2/h4,6-7,15,26H,5,8-13H2,1-3H3,(H,25,27);2H,1H3. The summed E-state index contributed by atoms with van der Waals surface area (Å²) < 4.78 is 50.2. The summed E-state index contributed by atoms with van der Waals surface area (Å²) in [5, 5.41) is 1.06. The molecule has 33 heavy (non-hydrogen) atoms. The normalized spacial score (nSPS) is 24.1. The summed E-state index contributed by atoms with van der Waals surface area (Å²) in [4.78, 5) is 11.2. The largest absolute Gasteiger partial charge is 0.444 e. The summed E-state index contributed by atoms with van der Waals surface area (Å²) in [5.41, 5.74) is -0.00299. The van der Waals surface area contributed by atoms with E-state index in [-0.39, 0.29) is 11.7 Å². The Morgan fingerprint density at radius 1 is 1.36 bits per heavy atom. The molecule has 3 unspecified atom stereocenters. The van der Waals surface area contributed by atoms with Crippen molar-refractivity contribution in [2.45, 2.75) is 68.3 Å². The summed E-state index contributed by atoms with van der Waals surface area (Å²) >= 11 is 8.33. The van der Waals surface area contributed by atoms with Gasteiger partial charge in [-0.1, -0.05) is 12.1 Å². The fourth-order valence-corrected chi connectivity index (χ4v) is 6.83. The van der Waals surface area contributed by atoms with Crippen molar-refractivity contribution in [3.8, 4) is 0 Å². The van der Waals surface area contributed by atoms with Gasteiger partial charge in [0.25, 0.3) is 0 Å². The molecule has 1 aromatic carbocycles. The Bertz CT molecular complexity index is 853. The van der Waals surface area contributed by atoms with E-state index in [1.807, 2.05) is 0 Å². The number of thioether (sulfide) groups is 1. The van der Waals surface area contributed by atoms with Crippen LogP contribution >= 0.6 is 40.3 Å². The third-order valence-corrected chi connectivity index (χ3v) is 9.42. The number of amides is 1. The number of alkyl carbamates (subject to hydrolysis) is 1. The molecule has 1 amide bonds. The first-order valence-corrected chi connectivity index (χ1v) is 14.6. The molecule has 1 aromatic rings. The van der Waals surface area contributed by atoms with Crippen molar-refractivity contribution in [1.82, 2.24) is 10.0 Å². The predicted octanol–water partition coefficient (Wildman–Crippen LogP) is 5.75. The maximum Gasteiger partial charge on any atom is 0.407 e. The van der Waals surface area contributed by atoms with E-state index >= 15 is 0 Å². The minimum Gasteiger partial charge on any atom is -0.444 e. The van der Waals surface area contributed by atoms with E-state index in [0.29, 0.717) is 48.7 Å². The second-order valence-corrected chi connectivity index (χ2v) is 12.8. The van der Waals surface area contributed by atoms with Crippen LogP contribution in [0.3, 0.4) is 0 Å². The first-order valence-electron chi connectivity index (χ1n) is 10.8. The van der Waals surface area contributed by atoms with Crippen LogP contribution in [-0.4, -0.2) is 44.3 Å². The molecule has 0 radical (unpaired) electrons. The Morgan fingerprint density at radius 2 is 2.03 bits per heavy atom. The van der Waals surface area contributed by atoms with Gasteiger partial charge in [0.2, 0.25) is 0 Å². The number of carbonyl (C=O) groups is 1. The maximum atomic E-state index is 14.5. The molecular weight excluding hydrogens is 554 g/mol. The number of alkyl halides is 1. The lowest BCUT2D eigenvalue weighted by molar-refractivity contribution is 0.0526. The zero-order chi connectivity index (χ0) is 24.9. The van der Waals surface area contributed by atoms with Gasteiger partial charge in [-0.05, 0) is 86.7 Å². The summed E-state index contributed by atoms with van der Waals surface area (Å²) in [6, 6.07) is 5.18. The van der Waals surface area contributed by atoms with E-state index in [9.17, 15) is 17.8 Å². The number of benzene rings is 1. The van der Waals surface area contributed by atoms with Crippen LogP contribution in [0.15, 0.2) is 22.7 Å². The number of hydrogen-bond acceptors (Lipinski definition) is 5. The number of ether oxygens (including phenoxy) is 1. The number of thiol groups is 1. The lowest BCUT2D eigenvalue weighted by Crippen LogP contribution is -2.59. The summed E-state index contributed by atoms with van der Waals surface area (Å²) in [7, 11) is -1.81. The minimum absolute atomic E-state index is 0.00544. The first kappa shape index (κ1) is 28.9. The summed E-state index contributed by atoms with van der Waals surface area (Å²) in [5.74, 6) is 0.453. The molecule has 2 fully saturated rings. The van der Waals surface area contributed by atoms with E-state index in [1.54, 1.807) is 57.0 Å². The van der Waals surface area contributed by atoms with Crippen molar-refractivity contribution >= 4 is 57.4 Å². The number of carbonyl (C=O) groups excluding carboxylic acids is 1. The highest BCUT2D eigenvalue weighted by molar-refractivity contribution is 9.10. The van der Waals surface area contributed by atoms with Gasteiger partial charge in [0.05, 0.1) is 9.34 Å². The first-order chi connectivity index (χ1) is 15.4. The molecule has 5 nitrogen and oxygen atoms in total. The van der Waals surface area contributed by atoms with Gasteiger partial charge in [0.15, 0.2) is 5.00 Å². The predicted molar refractivity (Wildman–Crippen MR) is 139 cm³/mol. The summed E-state index contributed by atoms with van der Waals surface area (Å²) in [6.07, 6.45) is 3.40. The Kier molecular flexibility index (Phi) is 10.5. The van der Waals surface area contributed by atoms with Crippen LogP contribution in [0, 0.1) is 11.7 Å². The van der Waals surface area contributed by atoms with Gasteiger partial charge in [-0.2, -0.15) is 12.6 Å². The van der Waals surface area contributed by atoms with Crippen LogP contribution in [0.1, 0.15) is 52.0 Å². The Balaban J connectivity index is 0.00000187. The molecule has 3 atom stereocenters. The van der Waals surface area contributed by atoms with Gasteiger partial charge in [0.1, 0.15) is 22.4 Å². The zero-order valence-corrected chi connectivity index (χ0v) is 23.5. The summed E-state index contributed by atoms with van der Waals surface area (Å²) in [6.45, 7) is 5.76. The zero-order valence-electron chi connectivity index (χ0n) is 19.4. The maximum absolute atomic E-state index is 14.5. The highest BCUT2D eigenvalue weighted by atomic mass is 79.9. The highest BCUT2D eigenvalue weighted by Crippen LogP contribution is 2.51. The van der Waals surface area contributed by atoms with Crippen molar-refractivity contribution in [1.29, 1.82) is 0 Å². The molecule has 1 aliphatic heterocycles. The van der Waals surface area contributed by atoms with Crippen LogP contribution < -0.4 is 10.0 Å². The molecule has 0 bridgehead atoms. The van der Waals surface area contributed by atoms with Gasteiger partial charge >= 0.3 is 6.09 Å². The average molecular weight is 588 g/mol. The number of nitrogens with one attached hydrogen (secondary N) is 2. The Morgan fingerprint density at radius 3 is 2.58 bits per heavy atom. The topological polar surface area (TPSA) is 67.4 Å². The number of hydrogen-bond donors (Lipinski definition) is 3. The van der Waals surface area contributed by atoms with Crippen molar-refractivity contribution in [3.05, 3.63) is 34.1 Å². The van der Waals surface area contributed by atoms with E-state index in [4.69, 9.17) is 4.74 Å². The molecule has 11 heteroatoms. The molecule has 0 aromatic heterocycles. The Hall–Kier alpha value is -0.360. The molecule has 3 rings (SSSR count). The van der Waals surface area contributed by atoms with E-state index in [2.05, 4.69) is 38.6 Å². The van der Waals surface area contributed by atoms with Crippen LogP contribution in [0.25, 0.3) is 0 Å². The van der Waals surface area contributed by atoms with Crippen molar-refractivity contribution in [2.75, 3.05) is 18.6 Å². The van der Waals surface area contributed by atoms with Gasteiger partial charge in [-0.15, -0.1) is 11.8 Å². The monoisotopic (exact) mass is 586 g/mol. The van der Waals surface area contributed by atoms with Crippen molar-refractivity contribution in [3.63, 3.8) is 0 Å². The molecule has 2 N–H and O–H groups in total. The van der Waals surface area contributed by atoms with Crippen LogP contribution in [-0.2, 0) is 22.1 Å². The van der Waals surface area contributed by atoms with Gasteiger partial charge in [-0.25, -0.2) is 22.5 Å². The third kappa shape index (κ3) is 8.08. The lowest BCUT2D eigenvalue weighted by atomic mass is 9.89. The lowest BCUT2D eigenvalue weighted by Gasteiger charge is -2.49. The van der Waals surface area contributed by atoms with Gasteiger partial charge in [-0.3, -0.25) is 0 Å². The van der Waals surface area contributed by atoms with E-state index < -0.39 is 32.6 Å². The smallest absolute Gasteiger partial charge is 0.407 e. The molecule has 1 heterocycles.